The van der Waals surface area contributed by atoms with E-state index in [0.717, 1.165) is 11.1 Å². The molecule has 34 heavy (non-hydrogen) atoms. The van der Waals surface area contributed by atoms with Gasteiger partial charge in [0.15, 0.2) is 0 Å². The summed E-state index contributed by atoms with van der Waals surface area (Å²) in [4.78, 5) is 39.4. The minimum atomic E-state index is -0.980. The number of thiazole rings is 1. The quantitative estimate of drug-likeness (QED) is 0.430. The number of carboxylic acid groups (broad SMARTS) is 1. The number of hydrogen-bond acceptors (Lipinski definition) is 6. The maximum Gasteiger partial charge on any atom is 0.407 e. The van der Waals surface area contributed by atoms with Crippen molar-refractivity contribution in [3.05, 3.63) is 75.7 Å². The number of amides is 2. The van der Waals surface area contributed by atoms with Crippen LogP contribution in [0.3, 0.4) is 0 Å². The third kappa shape index (κ3) is 5.43. The fourth-order valence-corrected chi connectivity index (χ4v) is 4.84. The topological polar surface area (TPSA) is 118 Å². The molecule has 0 spiro atoms. The molecule has 9 heteroatoms. The first-order valence-corrected chi connectivity index (χ1v) is 11.9. The average Bonchev–Trinajstić information content (AvgIpc) is 3.40. The Morgan fingerprint density at radius 1 is 1.09 bits per heavy atom. The van der Waals surface area contributed by atoms with Crippen LogP contribution in [0.15, 0.2) is 53.9 Å². The molecular weight excluding hydrogens is 454 g/mol. The van der Waals surface area contributed by atoms with Gasteiger partial charge in [0.05, 0.1) is 11.4 Å². The molecule has 0 saturated carbocycles. The number of carboxylic acids is 1. The third-order valence-corrected chi connectivity index (χ3v) is 6.50. The van der Waals surface area contributed by atoms with Crippen molar-refractivity contribution in [2.45, 2.75) is 31.7 Å². The molecule has 1 aromatic heterocycles. The number of carbonyl (C=O) groups excluding carboxylic acids is 2. The van der Waals surface area contributed by atoms with Crippen molar-refractivity contribution in [2.24, 2.45) is 0 Å². The lowest BCUT2D eigenvalue weighted by Gasteiger charge is -2.14. The van der Waals surface area contributed by atoms with E-state index in [1.165, 1.54) is 22.5 Å². The van der Waals surface area contributed by atoms with E-state index in [0.29, 0.717) is 18.0 Å². The van der Waals surface area contributed by atoms with E-state index in [1.54, 1.807) is 12.3 Å². The number of fused-ring (bicyclic) bond motifs is 3. The van der Waals surface area contributed by atoms with Gasteiger partial charge in [0, 0.05) is 30.3 Å². The van der Waals surface area contributed by atoms with Gasteiger partial charge in [0.1, 0.15) is 12.3 Å². The van der Waals surface area contributed by atoms with Gasteiger partial charge in [-0.3, -0.25) is 9.59 Å². The maximum absolute atomic E-state index is 12.3. The van der Waals surface area contributed by atoms with Gasteiger partial charge in [-0.1, -0.05) is 48.5 Å². The highest BCUT2D eigenvalue weighted by Crippen LogP contribution is 2.44. The van der Waals surface area contributed by atoms with Crippen molar-refractivity contribution in [2.75, 3.05) is 13.2 Å². The fourth-order valence-electron chi connectivity index (χ4n) is 4.06. The summed E-state index contributed by atoms with van der Waals surface area (Å²) in [5, 5.41) is 16.4. The summed E-state index contributed by atoms with van der Waals surface area (Å²) in [6.07, 6.45) is -0.210. The molecular formula is C25H25N3O5S. The maximum atomic E-state index is 12.3. The van der Waals surface area contributed by atoms with Crippen molar-refractivity contribution in [3.8, 4) is 11.1 Å². The minimum Gasteiger partial charge on any atom is -0.481 e. The number of aromatic nitrogens is 1. The predicted molar refractivity (Wildman–Crippen MR) is 128 cm³/mol. The highest BCUT2D eigenvalue weighted by Gasteiger charge is 2.29. The molecule has 8 nitrogen and oxygen atoms in total. The van der Waals surface area contributed by atoms with Crippen molar-refractivity contribution in [1.82, 2.24) is 15.6 Å². The summed E-state index contributed by atoms with van der Waals surface area (Å²) < 4.78 is 5.52. The first-order chi connectivity index (χ1) is 16.4. The Morgan fingerprint density at radius 2 is 1.74 bits per heavy atom. The van der Waals surface area contributed by atoms with E-state index >= 15 is 0 Å². The highest BCUT2D eigenvalue weighted by molar-refractivity contribution is 7.09. The second-order valence-electron chi connectivity index (χ2n) is 8.10. The molecule has 1 atom stereocenters. The Labute approximate surface area is 201 Å². The lowest BCUT2D eigenvalue weighted by atomic mass is 9.98. The SMILES string of the molecule is C[C@H](CC(=O)O)NC(=O)c1csc(CCNC(=O)OCC2c3ccccc3-c3ccccc32)n1. The Morgan fingerprint density at radius 3 is 2.38 bits per heavy atom. The molecule has 3 N–H and O–H groups in total. The smallest absolute Gasteiger partial charge is 0.407 e. The van der Waals surface area contributed by atoms with Gasteiger partial charge in [-0.2, -0.15) is 0 Å². The minimum absolute atomic E-state index is 0.00158. The number of nitrogens with zero attached hydrogens (tertiary/aromatic N) is 1. The zero-order valence-corrected chi connectivity index (χ0v) is 19.4. The van der Waals surface area contributed by atoms with Crippen molar-refractivity contribution < 1.29 is 24.2 Å². The van der Waals surface area contributed by atoms with Crippen LogP contribution < -0.4 is 10.6 Å². The van der Waals surface area contributed by atoms with Gasteiger partial charge in [-0.05, 0) is 29.2 Å². The second kappa shape index (κ2) is 10.5. The van der Waals surface area contributed by atoms with Gasteiger partial charge in [-0.25, -0.2) is 9.78 Å². The number of hydrogen-bond donors (Lipinski definition) is 3. The van der Waals surface area contributed by atoms with Gasteiger partial charge in [-0.15, -0.1) is 11.3 Å². The standard InChI is InChI=1S/C25H25N3O5S/c1-15(12-23(29)30)27-24(31)21-14-34-22(28-21)10-11-26-25(32)33-13-20-18-8-4-2-6-16(18)17-7-3-5-9-19(17)20/h2-9,14-15,20H,10-13H2,1H3,(H,26,32)(H,27,31)(H,29,30)/t15-/m1/s1. The lowest BCUT2D eigenvalue weighted by Crippen LogP contribution is -2.34. The molecule has 0 saturated heterocycles. The molecule has 1 aliphatic rings. The summed E-state index contributed by atoms with van der Waals surface area (Å²) in [5.41, 5.74) is 4.89. The van der Waals surface area contributed by atoms with Gasteiger partial charge >= 0.3 is 12.1 Å². The third-order valence-electron chi connectivity index (χ3n) is 5.59. The van der Waals surface area contributed by atoms with Gasteiger partial charge in [0.25, 0.3) is 5.91 Å². The van der Waals surface area contributed by atoms with E-state index in [2.05, 4.69) is 39.9 Å². The molecule has 2 aromatic carbocycles. The van der Waals surface area contributed by atoms with Crippen LogP contribution in [0, 0.1) is 0 Å². The first-order valence-electron chi connectivity index (χ1n) is 11.0. The van der Waals surface area contributed by atoms with E-state index in [4.69, 9.17) is 9.84 Å². The van der Waals surface area contributed by atoms with Crippen LogP contribution in [-0.4, -0.2) is 47.3 Å². The predicted octanol–water partition coefficient (Wildman–Crippen LogP) is 3.82. The zero-order chi connectivity index (χ0) is 24.1. The van der Waals surface area contributed by atoms with Crippen molar-refractivity contribution in [3.63, 3.8) is 0 Å². The van der Waals surface area contributed by atoms with Crippen LogP contribution in [0.5, 0.6) is 0 Å². The summed E-state index contributed by atoms with van der Waals surface area (Å²) in [6.45, 7) is 2.19. The van der Waals surface area contributed by atoms with Crippen LogP contribution in [0.25, 0.3) is 11.1 Å². The molecule has 2 amide bonds. The number of aliphatic carboxylic acids is 1. The van der Waals surface area contributed by atoms with Crippen molar-refractivity contribution in [1.29, 1.82) is 0 Å². The molecule has 1 aliphatic carbocycles. The number of carbonyl (C=O) groups is 3. The van der Waals surface area contributed by atoms with Gasteiger partial charge < -0.3 is 20.5 Å². The van der Waals surface area contributed by atoms with Crippen LogP contribution in [0.4, 0.5) is 4.79 Å². The second-order valence-corrected chi connectivity index (χ2v) is 9.04. The molecule has 4 rings (SSSR count). The summed E-state index contributed by atoms with van der Waals surface area (Å²) in [6, 6.07) is 15.8. The molecule has 176 valence electrons. The van der Waals surface area contributed by atoms with Crippen LogP contribution >= 0.6 is 11.3 Å². The summed E-state index contributed by atoms with van der Waals surface area (Å²) >= 11 is 1.31. The molecule has 0 radical (unpaired) electrons. The van der Waals surface area contributed by atoms with Gasteiger partial charge in [0.2, 0.25) is 0 Å². The normalized spacial score (nSPS) is 13.0. The van der Waals surface area contributed by atoms with Crippen molar-refractivity contribution >= 4 is 29.3 Å². The van der Waals surface area contributed by atoms with E-state index < -0.39 is 24.0 Å². The highest BCUT2D eigenvalue weighted by atomic mass is 32.1. The number of alkyl carbamates (subject to hydrolysis) is 1. The Kier molecular flexibility index (Phi) is 7.22. The van der Waals surface area contributed by atoms with E-state index in [-0.39, 0.29) is 24.6 Å². The van der Waals surface area contributed by atoms with Crippen LogP contribution in [-0.2, 0) is 16.0 Å². The van der Waals surface area contributed by atoms with E-state index in [9.17, 15) is 14.4 Å². The number of rotatable bonds is 9. The monoisotopic (exact) mass is 479 g/mol. The fraction of sp³-hybridized carbons (Fsp3) is 0.280. The molecule has 1 heterocycles. The summed E-state index contributed by atoms with van der Waals surface area (Å²) in [7, 11) is 0. The zero-order valence-electron chi connectivity index (χ0n) is 18.6. The number of nitrogens with one attached hydrogen (secondary N) is 2. The summed E-state index contributed by atoms with van der Waals surface area (Å²) in [5.74, 6) is -1.39. The Hall–Kier alpha value is -3.72. The molecule has 0 fully saturated rings. The molecule has 0 aliphatic heterocycles. The Balaban J connectivity index is 1.24. The lowest BCUT2D eigenvalue weighted by molar-refractivity contribution is -0.137. The number of ether oxygens (including phenoxy) is 1. The molecule has 0 unspecified atom stereocenters. The number of benzene rings is 2. The average molecular weight is 480 g/mol. The first kappa shape index (κ1) is 23.4. The Bertz CT molecular complexity index is 1160. The largest absolute Gasteiger partial charge is 0.481 e. The van der Waals surface area contributed by atoms with Crippen LogP contribution in [0.2, 0.25) is 0 Å². The van der Waals surface area contributed by atoms with E-state index in [1.807, 2.05) is 24.3 Å². The molecule has 3 aromatic rings. The van der Waals surface area contributed by atoms with Crippen LogP contribution in [0.1, 0.15) is 45.9 Å². The molecule has 0 bridgehead atoms.